The number of hydrogen-bond donors (Lipinski definition) is 1. The highest BCUT2D eigenvalue weighted by Gasteiger charge is 2.37. The second-order valence-electron chi connectivity index (χ2n) is 9.99. The summed E-state index contributed by atoms with van der Waals surface area (Å²) in [6, 6.07) is 10.1. The van der Waals surface area contributed by atoms with Crippen LogP contribution < -0.4 is 15.1 Å². The summed E-state index contributed by atoms with van der Waals surface area (Å²) in [4.78, 5) is 30.1. The van der Waals surface area contributed by atoms with Crippen LogP contribution in [0, 0.1) is 20.8 Å². The Labute approximate surface area is 201 Å². The Morgan fingerprint density at radius 1 is 1.06 bits per heavy atom. The lowest BCUT2D eigenvalue weighted by Gasteiger charge is -2.45. The maximum Gasteiger partial charge on any atom is 0.270 e. The largest absolute Gasteiger partial charge is 0.369 e. The van der Waals surface area contributed by atoms with Gasteiger partial charge in [0.15, 0.2) is 5.11 Å². The summed E-state index contributed by atoms with van der Waals surface area (Å²) < 4.78 is 0. The summed E-state index contributed by atoms with van der Waals surface area (Å²) in [7, 11) is 2.13. The fourth-order valence-corrected chi connectivity index (χ4v) is 5.25. The zero-order valence-electron chi connectivity index (χ0n) is 20.4. The first-order valence-corrected chi connectivity index (χ1v) is 11.7. The zero-order valence-corrected chi connectivity index (χ0v) is 21.2. The third-order valence-corrected chi connectivity index (χ3v) is 7.30. The van der Waals surface area contributed by atoms with Crippen molar-refractivity contribution in [2.24, 2.45) is 0 Å². The van der Waals surface area contributed by atoms with E-state index in [9.17, 15) is 9.59 Å². The zero-order chi connectivity index (χ0) is 24.2. The van der Waals surface area contributed by atoms with Gasteiger partial charge in [-0.25, -0.2) is 0 Å². The summed E-state index contributed by atoms with van der Waals surface area (Å²) >= 11 is 5.37. The highest BCUT2D eigenvalue weighted by Crippen LogP contribution is 2.43. The van der Waals surface area contributed by atoms with Gasteiger partial charge in [0.1, 0.15) is 5.57 Å². The van der Waals surface area contributed by atoms with Gasteiger partial charge >= 0.3 is 0 Å². The van der Waals surface area contributed by atoms with Crippen LogP contribution in [0.25, 0.3) is 6.08 Å². The Morgan fingerprint density at radius 3 is 2.42 bits per heavy atom. The third-order valence-electron chi connectivity index (χ3n) is 7.02. The topological polar surface area (TPSA) is 52.7 Å². The van der Waals surface area contributed by atoms with Crippen molar-refractivity contribution in [1.29, 1.82) is 0 Å². The van der Waals surface area contributed by atoms with Crippen molar-refractivity contribution in [3.63, 3.8) is 0 Å². The minimum Gasteiger partial charge on any atom is -0.369 e. The highest BCUT2D eigenvalue weighted by molar-refractivity contribution is 7.80. The number of carbonyl (C=O) groups excluding carboxylic acids is 2. The van der Waals surface area contributed by atoms with Gasteiger partial charge in [-0.1, -0.05) is 24.6 Å². The summed E-state index contributed by atoms with van der Waals surface area (Å²) in [5, 5.41) is 2.81. The Morgan fingerprint density at radius 2 is 1.76 bits per heavy atom. The molecule has 0 bridgehead atoms. The first-order chi connectivity index (χ1) is 15.4. The molecule has 33 heavy (non-hydrogen) atoms. The molecule has 1 saturated heterocycles. The molecule has 0 radical (unpaired) electrons. The number of fused-ring (bicyclic) bond motifs is 1. The summed E-state index contributed by atoms with van der Waals surface area (Å²) in [6.07, 6.45) is 2.74. The van der Waals surface area contributed by atoms with Crippen molar-refractivity contribution in [2.45, 2.75) is 59.4 Å². The van der Waals surface area contributed by atoms with Crippen LogP contribution in [0.1, 0.15) is 60.9 Å². The molecule has 2 heterocycles. The van der Waals surface area contributed by atoms with E-state index in [-0.39, 0.29) is 16.2 Å². The van der Waals surface area contributed by atoms with Gasteiger partial charge in [0.2, 0.25) is 0 Å². The molecular formula is C27H31N3O2S. The van der Waals surface area contributed by atoms with Crippen molar-refractivity contribution in [3.05, 3.63) is 63.7 Å². The molecule has 6 heteroatoms. The maximum atomic E-state index is 13.5. The van der Waals surface area contributed by atoms with Gasteiger partial charge in [-0.15, -0.1) is 0 Å². The molecule has 2 aromatic rings. The molecule has 1 unspecified atom stereocenters. The number of benzene rings is 2. The van der Waals surface area contributed by atoms with Crippen molar-refractivity contribution < 1.29 is 9.59 Å². The van der Waals surface area contributed by atoms with E-state index < -0.39 is 11.8 Å². The number of thiocarbonyl (C=S) groups is 1. The molecule has 2 aliphatic rings. The first-order valence-electron chi connectivity index (χ1n) is 11.3. The summed E-state index contributed by atoms with van der Waals surface area (Å²) in [5.74, 6) is -0.493. The summed E-state index contributed by atoms with van der Waals surface area (Å²) in [6.45, 7) is 12.7. The van der Waals surface area contributed by atoms with E-state index in [2.05, 4.69) is 50.2 Å². The molecule has 2 amide bonds. The number of nitrogens with one attached hydrogen (secondary N) is 1. The molecule has 1 N–H and O–H groups in total. The minimum atomic E-state index is -0.463. The fourth-order valence-electron chi connectivity index (χ4n) is 4.98. The molecule has 0 spiro atoms. The molecule has 0 aliphatic carbocycles. The van der Waals surface area contributed by atoms with Crippen molar-refractivity contribution in [1.82, 2.24) is 5.32 Å². The van der Waals surface area contributed by atoms with E-state index in [0.717, 1.165) is 28.7 Å². The molecule has 1 atom stereocenters. The SMILES string of the molecule is Cc1ccc(N2C(=O)/C(=C\c3cc4c(cc3C)N(C)C(C)(C)CC4C)C(=O)NC2=S)c(C)c1. The number of anilines is 2. The average Bonchev–Trinajstić information content (AvgIpc) is 2.71. The van der Waals surface area contributed by atoms with Crippen LogP contribution in [0.3, 0.4) is 0 Å². The van der Waals surface area contributed by atoms with E-state index in [0.29, 0.717) is 11.6 Å². The molecule has 4 rings (SSSR count). The van der Waals surface area contributed by atoms with E-state index in [4.69, 9.17) is 12.2 Å². The molecule has 2 aliphatic heterocycles. The molecule has 5 nitrogen and oxygen atoms in total. The van der Waals surface area contributed by atoms with E-state index in [1.807, 2.05) is 39.0 Å². The van der Waals surface area contributed by atoms with E-state index in [1.54, 1.807) is 6.08 Å². The van der Waals surface area contributed by atoms with Gasteiger partial charge in [-0.05, 0) is 106 Å². The average molecular weight is 462 g/mol. The normalized spacial score (nSPS) is 21.4. The van der Waals surface area contributed by atoms with Crippen molar-refractivity contribution in [3.8, 4) is 0 Å². The third kappa shape index (κ3) is 3.97. The van der Waals surface area contributed by atoms with Crippen LogP contribution in [-0.2, 0) is 9.59 Å². The van der Waals surface area contributed by atoms with Gasteiger partial charge in [0.05, 0.1) is 5.69 Å². The van der Waals surface area contributed by atoms with Gasteiger partial charge in [-0.3, -0.25) is 19.8 Å². The Bertz CT molecular complexity index is 1230. The second kappa shape index (κ2) is 8.10. The number of hydrogen-bond acceptors (Lipinski definition) is 4. The number of aryl methyl sites for hydroxylation is 3. The van der Waals surface area contributed by atoms with Crippen molar-refractivity contribution in [2.75, 3.05) is 16.8 Å². The molecule has 0 aromatic heterocycles. The minimum absolute atomic E-state index is 0.0696. The lowest BCUT2D eigenvalue weighted by atomic mass is 9.79. The van der Waals surface area contributed by atoms with Gasteiger partial charge in [0, 0.05) is 18.3 Å². The van der Waals surface area contributed by atoms with Gasteiger partial charge < -0.3 is 4.90 Å². The standard InChI is InChI=1S/C27H31N3O2S/c1-15-8-9-22(17(3)10-15)30-25(32)21(24(31)28-26(30)33)13-19-12-20-18(4)14-27(5,6)29(7)23(20)11-16(19)2/h8-13,18H,14H2,1-7H3,(H,28,31,33)/b21-13-. The molecule has 1 fully saturated rings. The first kappa shape index (κ1) is 23.2. The Balaban J connectivity index is 1.78. The number of carbonyl (C=O) groups is 2. The molecular weight excluding hydrogens is 430 g/mol. The molecule has 2 aromatic carbocycles. The summed E-state index contributed by atoms with van der Waals surface area (Å²) in [5.41, 5.74) is 7.19. The smallest absolute Gasteiger partial charge is 0.270 e. The van der Waals surface area contributed by atoms with Gasteiger partial charge in [-0.2, -0.15) is 0 Å². The van der Waals surface area contributed by atoms with Gasteiger partial charge in [0.25, 0.3) is 11.8 Å². The number of nitrogens with zero attached hydrogens (tertiary/aromatic N) is 2. The maximum absolute atomic E-state index is 13.5. The van der Waals surface area contributed by atoms with Crippen LogP contribution in [-0.4, -0.2) is 29.5 Å². The number of amides is 2. The van der Waals surface area contributed by atoms with Crippen LogP contribution in [0.15, 0.2) is 35.9 Å². The van der Waals surface area contributed by atoms with Crippen LogP contribution >= 0.6 is 12.2 Å². The number of rotatable bonds is 2. The highest BCUT2D eigenvalue weighted by atomic mass is 32.1. The van der Waals surface area contributed by atoms with Crippen LogP contribution in [0.4, 0.5) is 11.4 Å². The van der Waals surface area contributed by atoms with Crippen LogP contribution in [0.5, 0.6) is 0 Å². The lowest BCUT2D eigenvalue weighted by Crippen LogP contribution is -2.54. The van der Waals surface area contributed by atoms with E-state index in [1.165, 1.54) is 16.2 Å². The van der Waals surface area contributed by atoms with Crippen LogP contribution in [0.2, 0.25) is 0 Å². The predicted octanol–water partition coefficient (Wildman–Crippen LogP) is 5.17. The van der Waals surface area contributed by atoms with Crippen molar-refractivity contribution >= 4 is 46.6 Å². The quantitative estimate of drug-likeness (QED) is 0.381. The predicted molar refractivity (Wildman–Crippen MR) is 139 cm³/mol. The monoisotopic (exact) mass is 461 g/mol. The molecule has 0 saturated carbocycles. The fraction of sp³-hybridized carbons (Fsp3) is 0.370. The second-order valence-corrected chi connectivity index (χ2v) is 10.4. The Hall–Kier alpha value is -2.99. The van der Waals surface area contributed by atoms with E-state index >= 15 is 0 Å². The lowest BCUT2D eigenvalue weighted by molar-refractivity contribution is -0.122. The molecule has 172 valence electrons. The Kier molecular flexibility index (Phi) is 5.69.